The van der Waals surface area contributed by atoms with E-state index in [1.807, 2.05) is 25.1 Å². The lowest BCUT2D eigenvalue weighted by atomic mass is 10.1. The molecule has 0 aromatic heterocycles. The van der Waals surface area contributed by atoms with Crippen LogP contribution in [0.5, 0.6) is 5.75 Å². The summed E-state index contributed by atoms with van der Waals surface area (Å²) < 4.78 is 20.1. The van der Waals surface area contributed by atoms with E-state index in [2.05, 4.69) is 27.9 Å². The second kappa shape index (κ2) is 6.63. The number of halogens is 3. The first-order valence-corrected chi connectivity index (χ1v) is 7.52. The third kappa shape index (κ3) is 3.55. The summed E-state index contributed by atoms with van der Waals surface area (Å²) >= 11 is 8.36. The van der Waals surface area contributed by atoms with Gasteiger partial charge in [-0.15, -0.1) is 0 Å². The number of anilines is 1. The van der Waals surface area contributed by atoms with Crippen LogP contribution in [0.4, 0.5) is 10.1 Å². The van der Waals surface area contributed by atoms with Gasteiger partial charge in [-0.25, -0.2) is 4.39 Å². The summed E-state index contributed by atoms with van der Waals surface area (Å²) in [5.41, 5.74) is 1.36. The van der Waals surface area contributed by atoms with E-state index >= 15 is 0 Å². The maximum atomic E-state index is 14.0. The van der Waals surface area contributed by atoms with Gasteiger partial charge in [0.2, 0.25) is 0 Å². The van der Waals surface area contributed by atoms with Crippen molar-refractivity contribution in [1.82, 2.24) is 0 Å². The highest BCUT2D eigenvalue weighted by Crippen LogP contribution is 2.29. The topological polar surface area (TPSA) is 21.3 Å². The molecule has 2 aromatic carbocycles. The molecule has 0 fully saturated rings. The van der Waals surface area contributed by atoms with Crippen LogP contribution in [-0.2, 0) is 0 Å². The van der Waals surface area contributed by atoms with E-state index in [1.54, 1.807) is 12.1 Å². The van der Waals surface area contributed by atoms with E-state index in [9.17, 15) is 4.39 Å². The van der Waals surface area contributed by atoms with Gasteiger partial charge in [0.15, 0.2) is 0 Å². The Labute approximate surface area is 136 Å². The van der Waals surface area contributed by atoms with E-state index in [0.717, 1.165) is 9.26 Å². The van der Waals surface area contributed by atoms with Gasteiger partial charge in [0, 0.05) is 15.2 Å². The zero-order chi connectivity index (χ0) is 14.7. The SMILES string of the molecule is COc1ccc(C(C)Nc2ccc(I)cc2Cl)c(F)c1. The Morgan fingerprint density at radius 2 is 2.00 bits per heavy atom. The quantitative estimate of drug-likeness (QED) is 0.700. The fraction of sp³-hybridized carbons (Fsp3) is 0.200. The minimum Gasteiger partial charge on any atom is -0.497 e. The minimum absolute atomic E-state index is 0.196. The molecule has 1 N–H and O–H groups in total. The molecule has 0 aliphatic heterocycles. The molecular formula is C15H14ClFINO. The van der Waals surface area contributed by atoms with Crippen LogP contribution in [-0.4, -0.2) is 7.11 Å². The van der Waals surface area contributed by atoms with Crippen molar-refractivity contribution >= 4 is 39.9 Å². The molecule has 2 aromatic rings. The average Bonchev–Trinajstić information content (AvgIpc) is 2.41. The highest BCUT2D eigenvalue weighted by Gasteiger charge is 2.13. The Hall–Kier alpha value is -1.01. The Bertz CT molecular complexity index is 621. The summed E-state index contributed by atoms with van der Waals surface area (Å²) in [6.45, 7) is 1.89. The normalized spacial score (nSPS) is 12.1. The highest BCUT2D eigenvalue weighted by atomic mass is 127. The average molecular weight is 406 g/mol. The first-order valence-electron chi connectivity index (χ1n) is 6.06. The molecule has 1 atom stereocenters. The predicted molar refractivity (Wildman–Crippen MR) is 89.2 cm³/mol. The lowest BCUT2D eigenvalue weighted by Crippen LogP contribution is -2.09. The van der Waals surface area contributed by atoms with Gasteiger partial charge in [0.25, 0.3) is 0 Å². The molecule has 2 nitrogen and oxygen atoms in total. The zero-order valence-corrected chi connectivity index (χ0v) is 14.0. The summed E-state index contributed by atoms with van der Waals surface area (Å²) in [7, 11) is 1.52. The van der Waals surface area contributed by atoms with E-state index in [1.165, 1.54) is 13.2 Å². The lowest BCUT2D eigenvalue weighted by Gasteiger charge is -2.18. The third-order valence-corrected chi connectivity index (χ3v) is 3.96. The van der Waals surface area contributed by atoms with Crippen LogP contribution < -0.4 is 10.1 Å². The van der Waals surface area contributed by atoms with Gasteiger partial charge in [0.1, 0.15) is 11.6 Å². The maximum Gasteiger partial charge on any atom is 0.132 e. The Morgan fingerprint density at radius 1 is 1.25 bits per heavy atom. The highest BCUT2D eigenvalue weighted by molar-refractivity contribution is 14.1. The first kappa shape index (κ1) is 15.4. The zero-order valence-electron chi connectivity index (χ0n) is 11.1. The summed E-state index contributed by atoms with van der Waals surface area (Å²) in [4.78, 5) is 0. The largest absolute Gasteiger partial charge is 0.497 e. The third-order valence-electron chi connectivity index (χ3n) is 2.98. The molecule has 0 spiro atoms. The molecule has 0 aliphatic carbocycles. The van der Waals surface area contributed by atoms with Crippen LogP contribution in [0.3, 0.4) is 0 Å². The van der Waals surface area contributed by atoms with Gasteiger partial charge < -0.3 is 10.1 Å². The van der Waals surface area contributed by atoms with Crippen molar-refractivity contribution < 1.29 is 9.13 Å². The standard InChI is InChI=1S/C15H14ClFINO/c1-9(12-5-4-11(20-2)8-14(12)17)19-15-6-3-10(18)7-13(15)16/h3-9,19H,1-2H3. The summed E-state index contributed by atoms with van der Waals surface area (Å²) in [6.07, 6.45) is 0. The lowest BCUT2D eigenvalue weighted by molar-refractivity contribution is 0.410. The minimum atomic E-state index is -0.300. The maximum absolute atomic E-state index is 14.0. The van der Waals surface area contributed by atoms with Crippen LogP contribution >= 0.6 is 34.2 Å². The van der Waals surface area contributed by atoms with Gasteiger partial charge in [-0.05, 0) is 53.8 Å². The molecule has 5 heteroatoms. The van der Waals surface area contributed by atoms with Crippen LogP contribution in [0.15, 0.2) is 36.4 Å². The van der Waals surface area contributed by atoms with Gasteiger partial charge in [0.05, 0.1) is 23.9 Å². The Morgan fingerprint density at radius 3 is 2.60 bits per heavy atom. The summed E-state index contributed by atoms with van der Waals surface area (Å²) in [5.74, 6) is 0.205. The molecule has 106 valence electrons. The van der Waals surface area contributed by atoms with E-state index in [0.29, 0.717) is 16.3 Å². The van der Waals surface area contributed by atoms with E-state index in [4.69, 9.17) is 16.3 Å². The summed E-state index contributed by atoms with van der Waals surface area (Å²) in [5, 5.41) is 3.84. The molecule has 0 radical (unpaired) electrons. The van der Waals surface area contributed by atoms with Crippen molar-refractivity contribution in [3.63, 3.8) is 0 Å². The van der Waals surface area contributed by atoms with Crippen LogP contribution in [0, 0.1) is 9.39 Å². The van der Waals surface area contributed by atoms with Gasteiger partial charge in [-0.3, -0.25) is 0 Å². The molecule has 0 aliphatic rings. The monoisotopic (exact) mass is 405 g/mol. The number of hydrogen-bond acceptors (Lipinski definition) is 2. The molecule has 2 rings (SSSR count). The molecule has 1 unspecified atom stereocenters. The van der Waals surface area contributed by atoms with Crippen molar-refractivity contribution in [2.24, 2.45) is 0 Å². The Kier molecular flexibility index (Phi) is 5.10. The number of rotatable bonds is 4. The number of nitrogens with one attached hydrogen (secondary N) is 1. The van der Waals surface area contributed by atoms with Gasteiger partial charge >= 0.3 is 0 Å². The first-order chi connectivity index (χ1) is 9.51. The van der Waals surface area contributed by atoms with Gasteiger partial charge in [-0.2, -0.15) is 0 Å². The Balaban J connectivity index is 2.21. The van der Waals surface area contributed by atoms with Crippen molar-refractivity contribution in [3.8, 4) is 5.75 Å². The second-order valence-electron chi connectivity index (χ2n) is 4.38. The van der Waals surface area contributed by atoms with E-state index < -0.39 is 0 Å². The number of methoxy groups -OCH3 is 1. The molecule has 0 saturated heterocycles. The molecule has 0 heterocycles. The predicted octanol–water partition coefficient (Wildman–Crippen LogP) is 5.27. The molecule has 0 saturated carbocycles. The van der Waals surface area contributed by atoms with Crippen molar-refractivity contribution in [3.05, 3.63) is 56.4 Å². The fourth-order valence-corrected chi connectivity index (χ4v) is 2.81. The molecule has 20 heavy (non-hydrogen) atoms. The van der Waals surface area contributed by atoms with Gasteiger partial charge in [-0.1, -0.05) is 17.7 Å². The fourth-order valence-electron chi connectivity index (χ4n) is 1.90. The second-order valence-corrected chi connectivity index (χ2v) is 6.03. The van der Waals surface area contributed by atoms with Crippen molar-refractivity contribution in [2.45, 2.75) is 13.0 Å². The molecular weight excluding hydrogens is 392 g/mol. The smallest absolute Gasteiger partial charge is 0.132 e. The van der Waals surface area contributed by atoms with Crippen molar-refractivity contribution in [2.75, 3.05) is 12.4 Å². The van der Waals surface area contributed by atoms with Crippen LogP contribution in [0.25, 0.3) is 0 Å². The summed E-state index contributed by atoms with van der Waals surface area (Å²) in [6, 6.07) is 10.3. The van der Waals surface area contributed by atoms with E-state index in [-0.39, 0.29) is 11.9 Å². The van der Waals surface area contributed by atoms with Crippen molar-refractivity contribution in [1.29, 1.82) is 0 Å². The number of ether oxygens (including phenoxy) is 1. The van der Waals surface area contributed by atoms with Crippen LogP contribution in [0.1, 0.15) is 18.5 Å². The number of hydrogen-bond donors (Lipinski definition) is 1. The molecule has 0 amide bonds. The number of benzene rings is 2. The van der Waals surface area contributed by atoms with Crippen LogP contribution in [0.2, 0.25) is 5.02 Å². The molecule has 0 bridgehead atoms.